The van der Waals surface area contributed by atoms with Gasteiger partial charge in [0.05, 0.1) is 6.04 Å². The number of halogens is 1. The van der Waals surface area contributed by atoms with E-state index in [1.807, 2.05) is 36.7 Å². The molecular formula is C14H18BrN3O. The van der Waals surface area contributed by atoms with Crippen molar-refractivity contribution in [3.8, 4) is 0 Å². The molecule has 1 unspecified atom stereocenters. The third-order valence-electron chi connectivity index (χ3n) is 3.13. The Morgan fingerprint density at radius 3 is 2.58 bits per heavy atom. The number of rotatable bonds is 6. The van der Waals surface area contributed by atoms with Crippen LogP contribution in [0.25, 0.3) is 0 Å². The van der Waals surface area contributed by atoms with Crippen LogP contribution in [0.15, 0.2) is 45.7 Å². The first-order valence-corrected chi connectivity index (χ1v) is 7.12. The molecule has 0 bridgehead atoms. The standard InChI is InChI=1S/C14H18BrN3O/c1-2-18(10-11-5-7-17-8-6-11)12(9-16)13-3-4-14(15)19-13/h3-8,12H,2,9-10,16H2,1H3. The molecule has 102 valence electrons. The van der Waals surface area contributed by atoms with Crippen molar-refractivity contribution in [1.29, 1.82) is 0 Å². The second-order valence-electron chi connectivity index (χ2n) is 4.31. The van der Waals surface area contributed by atoms with E-state index < -0.39 is 0 Å². The van der Waals surface area contributed by atoms with Gasteiger partial charge in [0.15, 0.2) is 4.67 Å². The molecule has 2 rings (SSSR count). The van der Waals surface area contributed by atoms with E-state index in [1.54, 1.807) is 0 Å². The number of likely N-dealkylation sites (N-methyl/N-ethyl adjacent to an activating group) is 1. The highest BCUT2D eigenvalue weighted by Gasteiger charge is 2.21. The minimum atomic E-state index is 0.0875. The largest absolute Gasteiger partial charge is 0.453 e. The van der Waals surface area contributed by atoms with Gasteiger partial charge in [-0.1, -0.05) is 6.92 Å². The van der Waals surface area contributed by atoms with E-state index in [9.17, 15) is 0 Å². The molecule has 0 spiro atoms. The summed E-state index contributed by atoms with van der Waals surface area (Å²) < 4.78 is 6.38. The topological polar surface area (TPSA) is 55.3 Å². The van der Waals surface area contributed by atoms with E-state index in [0.717, 1.165) is 23.5 Å². The van der Waals surface area contributed by atoms with Crippen LogP contribution in [0, 0.1) is 0 Å². The average molecular weight is 324 g/mol. The van der Waals surface area contributed by atoms with Crippen molar-refractivity contribution in [3.63, 3.8) is 0 Å². The lowest BCUT2D eigenvalue weighted by molar-refractivity contribution is 0.178. The highest BCUT2D eigenvalue weighted by atomic mass is 79.9. The molecular weight excluding hydrogens is 306 g/mol. The number of pyridine rings is 1. The lowest BCUT2D eigenvalue weighted by atomic mass is 10.1. The molecule has 0 aliphatic rings. The van der Waals surface area contributed by atoms with Crippen LogP contribution in [-0.4, -0.2) is 23.0 Å². The van der Waals surface area contributed by atoms with Crippen LogP contribution in [0.2, 0.25) is 0 Å². The van der Waals surface area contributed by atoms with Gasteiger partial charge < -0.3 is 10.2 Å². The molecule has 0 aliphatic carbocycles. The van der Waals surface area contributed by atoms with Crippen molar-refractivity contribution >= 4 is 15.9 Å². The molecule has 1 atom stereocenters. The van der Waals surface area contributed by atoms with Crippen LogP contribution in [0.3, 0.4) is 0 Å². The number of furan rings is 1. The lowest BCUT2D eigenvalue weighted by Crippen LogP contribution is -2.33. The Kier molecular flexibility index (Phi) is 5.13. The summed E-state index contributed by atoms with van der Waals surface area (Å²) in [5, 5.41) is 0. The van der Waals surface area contributed by atoms with E-state index in [2.05, 4.69) is 32.7 Å². The second kappa shape index (κ2) is 6.84. The van der Waals surface area contributed by atoms with E-state index >= 15 is 0 Å². The van der Waals surface area contributed by atoms with Gasteiger partial charge in [-0.3, -0.25) is 9.88 Å². The summed E-state index contributed by atoms with van der Waals surface area (Å²) in [5.41, 5.74) is 7.14. The third kappa shape index (κ3) is 3.65. The number of nitrogens with zero attached hydrogens (tertiary/aromatic N) is 2. The maximum Gasteiger partial charge on any atom is 0.169 e. The fourth-order valence-electron chi connectivity index (χ4n) is 2.12. The van der Waals surface area contributed by atoms with E-state index in [-0.39, 0.29) is 6.04 Å². The number of hydrogen-bond acceptors (Lipinski definition) is 4. The third-order valence-corrected chi connectivity index (χ3v) is 3.55. The SMILES string of the molecule is CCN(Cc1ccncc1)C(CN)c1ccc(Br)o1. The first kappa shape index (κ1) is 14.2. The van der Waals surface area contributed by atoms with E-state index in [1.165, 1.54) is 5.56 Å². The van der Waals surface area contributed by atoms with Gasteiger partial charge in [-0.05, 0) is 52.3 Å². The number of nitrogens with two attached hydrogens (primary N) is 1. The summed E-state index contributed by atoms with van der Waals surface area (Å²) in [5.74, 6) is 0.894. The maximum atomic E-state index is 5.91. The predicted octanol–water partition coefficient (Wildman–Crippen LogP) is 2.96. The monoisotopic (exact) mass is 323 g/mol. The Hall–Kier alpha value is -1.17. The Morgan fingerprint density at radius 1 is 1.32 bits per heavy atom. The van der Waals surface area contributed by atoms with E-state index in [0.29, 0.717) is 6.54 Å². The minimum Gasteiger partial charge on any atom is -0.453 e. The van der Waals surface area contributed by atoms with Gasteiger partial charge in [0, 0.05) is 25.5 Å². The average Bonchev–Trinajstić information content (AvgIpc) is 2.86. The quantitative estimate of drug-likeness (QED) is 0.888. The fraction of sp³-hybridized carbons (Fsp3) is 0.357. The van der Waals surface area contributed by atoms with Gasteiger partial charge in [-0.2, -0.15) is 0 Å². The zero-order valence-corrected chi connectivity index (χ0v) is 12.5. The molecule has 19 heavy (non-hydrogen) atoms. The predicted molar refractivity (Wildman–Crippen MR) is 78.5 cm³/mol. The highest BCUT2D eigenvalue weighted by molar-refractivity contribution is 9.10. The van der Waals surface area contributed by atoms with Crippen molar-refractivity contribution in [2.45, 2.75) is 19.5 Å². The first-order valence-electron chi connectivity index (χ1n) is 6.32. The van der Waals surface area contributed by atoms with Crippen LogP contribution in [0.4, 0.5) is 0 Å². The van der Waals surface area contributed by atoms with Gasteiger partial charge in [-0.15, -0.1) is 0 Å². The van der Waals surface area contributed by atoms with Gasteiger partial charge in [-0.25, -0.2) is 0 Å². The van der Waals surface area contributed by atoms with Gasteiger partial charge in [0.1, 0.15) is 5.76 Å². The summed E-state index contributed by atoms with van der Waals surface area (Å²) in [6.07, 6.45) is 3.62. The number of aromatic nitrogens is 1. The maximum absolute atomic E-state index is 5.91. The summed E-state index contributed by atoms with van der Waals surface area (Å²) in [6.45, 7) is 4.39. The summed E-state index contributed by atoms with van der Waals surface area (Å²) in [7, 11) is 0. The van der Waals surface area contributed by atoms with Crippen LogP contribution in [-0.2, 0) is 6.54 Å². The molecule has 2 heterocycles. The molecule has 2 aromatic heterocycles. The van der Waals surface area contributed by atoms with Crippen molar-refractivity contribution in [3.05, 3.63) is 52.7 Å². The van der Waals surface area contributed by atoms with Crippen LogP contribution in [0.1, 0.15) is 24.3 Å². The Labute approximate surface area is 121 Å². The van der Waals surface area contributed by atoms with Crippen LogP contribution in [0.5, 0.6) is 0 Å². The molecule has 0 saturated heterocycles. The highest BCUT2D eigenvalue weighted by Crippen LogP contribution is 2.25. The Balaban J connectivity index is 2.15. The normalized spacial score (nSPS) is 12.8. The second-order valence-corrected chi connectivity index (χ2v) is 5.09. The minimum absolute atomic E-state index is 0.0875. The zero-order valence-electron chi connectivity index (χ0n) is 10.9. The lowest BCUT2D eigenvalue weighted by Gasteiger charge is -2.28. The summed E-state index contributed by atoms with van der Waals surface area (Å²) >= 11 is 3.33. The first-order chi connectivity index (χ1) is 9.24. The molecule has 0 aliphatic heterocycles. The summed E-state index contributed by atoms with van der Waals surface area (Å²) in [6, 6.07) is 8.00. The molecule has 5 heteroatoms. The van der Waals surface area contributed by atoms with Crippen LogP contribution < -0.4 is 5.73 Å². The summed E-state index contributed by atoms with van der Waals surface area (Å²) in [4.78, 5) is 6.33. The van der Waals surface area contributed by atoms with Crippen molar-refractivity contribution < 1.29 is 4.42 Å². The molecule has 0 radical (unpaired) electrons. The molecule has 0 saturated carbocycles. The Bertz CT molecular complexity index is 500. The zero-order chi connectivity index (χ0) is 13.7. The fourth-order valence-corrected chi connectivity index (χ4v) is 2.44. The van der Waals surface area contributed by atoms with Gasteiger partial charge in [0.25, 0.3) is 0 Å². The molecule has 2 N–H and O–H groups in total. The van der Waals surface area contributed by atoms with Gasteiger partial charge >= 0.3 is 0 Å². The van der Waals surface area contributed by atoms with Gasteiger partial charge in [0.2, 0.25) is 0 Å². The Morgan fingerprint density at radius 2 is 2.05 bits per heavy atom. The molecule has 2 aromatic rings. The molecule has 4 nitrogen and oxygen atoms in total. The molecule has 0 fully saturated rings. The smallest absolute Gasteiger partial charge is 0.169 e. The van der Waals surface area contributed by atoms with Crippen molar-refractivity contribution in [2.75, 3.05) is 13.1 Å². The van der Waals surface area contributed by atoms with E-state index in [4.69, 9.17) is 10.2 Å². The molecule has 0 amide bonds. The molecule has 0 aromatic carbocycles. The van der Waals surface area contributed by atoms with Crippen LogP contribution >= 0.6 is 15.9 Å². The number of hydrogen-bond donors (Lipinski definition) is 1. The van der Waals surface area contributed by atoms with Crippen molar-refractivity contribution in [1.82, 2.24) is 9.88 Å². The van der Waals surface area contributed by atoms with Crippen molar-refractivity contribution in [2.24, 2.45) is 5.73 Å².